The summed E-state index contributed by atoms with van der Waals surface area (Å²) in [7, 11) is -2.14. The maximum Gasteiger partial charge on any atom is 0.244 e. The number of rotatable bonds is 6. The van der Waals surface area contributed by atoms with E-state index in [0.717, 1.165) is 31.9 Å². The fraction of sp³-hybridized carbons (Fsp3) is 0.625. The zero-order valence-electron chi connectivity index (χ0n) is 14.3. The lowest BCUT2D eigenvalue weighted by atomic mass is 10.0. The van der Waals surface area contributed by atoms with E-state index in [9.17, 15) is 8.42 Å². The van der Waals surface area contributed by atoms with Crippen molar-refractivity contribution in [2.24, 2.45) is 0 Å². The summed E-state index contributed by atoms with van der Waals surface area (Å²) < 4.78 is 38.7. The fourth-order valence-electron chi connectivity index (χ4n) is 2.77. The van der Waals surface area contributed by atoms with Crippen molar-refractivity contribution in [3.05, 3.63) is 23.8 Å². The Labute approximate surface area is 138 Å². The van der Waals surface area contributed by atoms with Crippen LogP contribution >= 0.6 is 0 Å². The molecule has 0 aromatic heterocycles. The van der Waals surface area contributed by atoms with Crippen LogP contribution in [0.25, 0.3) is 0 Å². The smallest absolute Gasteiger partial charge is 0.244 e. The van der Waals surface area contributed by atoms with Gasteiger partial charge in [-0.05, 0) is 38.5 Å². The van der Waals surface area contributed by atoms with Crippen LogP contribution in [0.2, 0.25) is 0 Å². The number of aryl methyl sites for hydroxylation is 1. The summed E-state index contributed by atoms with van der Waals surface area (Å²) in [5.41, 5.74) is 0.678. The highest BCUT2D eigenvalue weighted by Crippen LogP contribution is 2.24. The summed E-state index contributed by atoms with van der Waals surface area (Å²) in [5, 5.41) is 0. The number of sulfonamides is 1. The minimum Gasteiger partial charge on any atom is -0.495 e. The number of quaternary nitrogens is 1. The molecule has 1 saturated heterocycles. The molecule has 7 heteroatoms. The van der Waals surface area contributed by atoms with Crippen molar-refractivity contribution in [1.29, 1.82) is 0 Å². The van der Waals surface area contributed by atoms with Gasteiger partial charge in [-0.15, -0.1) is 0 Å². The number of benzene rings is 1. The van der Waals surface area contributed by atoms with Crippen LogP contribution in [0.3, 0.4) is 0 Å². The second kappa shape index (κ2) is 7.17. The standard InChI is InChI=1S/C16H26N2O4S/c1-13-5-6-14(21-4)15(11-13)23(19,20)17-12-16(2,3)18-7-9-22-10-8-18/h5-6,11,17H,7-10,12H2,1-4H3/p+1. The molecule has 1 heterocycles. The van der Waals surface area contributed by atoms with Gasteiger partial charge >= 0.3 is 0 Å². The molecule has 0 unspecified atom stereocenters. The summed E-state index contributed by atoms with van der Waals surface area (Å²) in [6.45, 7) is 9.59. The zero-order chi connectivity index (χ0) is 17.1. The van der Waals surface area contributed by atoms with E-state index in [0.29, 0.717) is 12.3 Å². The van der Waals surface area contributed by atoms with Gasteiger partial charge in [-0.1, -0.05) is 6.07 Å². The summed E-state index contributed by atoms with van der Waals surface area (Å²) in [5.74, 6) is 0.361. The maximum atomic E-state index is 12.7. The van der Waals surface area contributed by atoms with Gasteiger partial charge in [0.15, 0.2) is 0 Å². The molecular formula is C16H27N2O4S+. The number of methoxy groups -OCH3 is 1. The van der Waals surface area contributed by atoms with E-state index < -0.39 is 10.0 Å². The lowest BCUT2D eigenvalue weighted by molar-refractivity contribution is -0.954. The molecule has 0 amide bonds. The predicted octanol–water partition coefficient (Wildman–Crippen LogP) is -0.0244. The summed E-state index contributed by atoms with van der Waals surface area (Å²) in [6, 6.07) is 5.15. The molecule has 1 aromatic rings. The third-order valence-electron chi connectivity index (χ3n) is 4.37. The molecule has 23 heavy (non-hydrogen) atoms. The highest BCUT2D eigenvalue weighted by molar-refractivity contribution is 7.89. The van der Waals surface area contributed by atoms with E-state index in [1.165, 1.54) is 12.0 Å². The number of ether oxygens (including phenoxy) is 2. The van der Waals surface area contributed by atoms with E-state index in [-0.39, 0.29) is 10.4 Å². The van der Waals surface area contributed by atoms with Crippen molar-refractivity contribution < 1.29 is 22.8 Å². The molecule has 1 fully saturated rings. The average molecular weight is 343 g/mol. The normalized spacial score (nSPS) is 17.2. The number of hydrogen-bond donors (Lipinski definition) is 2. The molecular weight excluding hydrogens is 316 g/mol. The van der Waals surface area contributed by atoms with Gasteiger partial charge in [0.1, 0.15) is 29.3 Å². The monoisotopic (exact) mass is 343 g/mol. The van der Waals surface area contributed by atoms with Crippen LogP contribution in [0.15, 0.2) is 23.1 Å². The molecule has 2 rings (SSSR count). The van der Waals surface area contributed by atoms with Crippen LogP contribution in [-0.4, -0.2) is 53.9 Å². The van der Waals surface area contributed by atoms with Gasteiger partial charge in [-0.3, -0.25) is 0 Å². The minimum absolute atomic E-state index is 0.188. The third-order valence-corrected chi connectivity index (χ3v) is 5.79. The molecule has 0 saturated carbocycles. The fourth-order valence-corrected chi connectivity index (χ4v) is 4.23. The molecule has 1 aliphatic rings. The molecule has 1 aliphatic heterocycles. The Bertz CT molecular complexity index is 637. The lowest BCUT2D eigenvalue weighted by Gasteiger charge is -2.37. The third kappa shape index (κ3) is 4.44. The molecule has 0 atom stereocenters. The minimum atomic E-state index is -3.62. The highest BCUT2D eigenvalue weighted by atomic mass is 32.2. The second-order valence-corrected chi connectivity index (χ2v) is 8.31. The molecule has 6 nitrogen and oxygen atoms in total. The van der Waals surface area contributed by atoms with Gasteiger partial charge in [-0.25, -0.2) is 13.1 Å². The Hall–Kier alpha value is -1.15. The highest BCUT2D eigenvalue weighted by Gasteiger charge is 2.34. The summed E-state index contributed by atoms with van der Waals surface area (Å²) in [6.07, 6.45) is 0. The topological polar surface area (TPSA) is 69.1 Å². The van der Waals surface area contributed by atoms with Gasteiger partial charge < -0.3 is 14.4 Å². The van der Waals surface area contributed by atoms with E-state index in [1.54, 1.807) is 12.1 Å². The Balaban J connectivity index is 2.13. The first-order valence-corrected chi connectivity index (χ1v) is 9.32. The zero-order valence-corrected chi connectivity index (χ0v) is 15.1. The van der Waals surface area contributed by atoms with Gasteiger partial charge in [-0.2, -0.15) is 0 Å². The lowest BCUT2D eigenvalue weighted by Crippen LogP contribution is -3.22. The van der Waals surface area contributed by atoms with Crippen molar-refractivity contribution in [3.8, 4) is 5.75 Å². The van der Waals surface area contributed by atoms with Crippen molar-refractivity contribution in [2.45, 2.75) is 31.2 Å². The molecule has 0 spiro atoms. The predicted molar refractivity (Wildman–Crippen MR) is 88.5 cm³/mol. The SMILES string of the molecule is COc1ccc(C)cc1S(=O)(=O)NCC(C)(C)[NH+]1CCOCC1. The van der Waals surface area contributed by atoms with Crippen LogP contribution in [0.1, 0.15) is 19.4 Å². The van der Waals surface area contributed by atoms with Crippen LogP contribution in [0.4, 0.5) is 0 Å². The van der Waals surface area contributed by atoms with Crippen molar-refractivity contribution in [2.75, 3.05) is 40.0 Å². The summed E-state index contributed by atoms with van der Waals surface area (Å²) >= 11 is 0. The Kier molecular flexibility index (Phi) is 5.67. The molecule has 1 aromatic carbocycles. The quantitative estimate of drug-likeness (QED) is 0.761. The van der Waals surface area contributed by atoms with Gasteiger partial charge in [0, 0.05) is 0 Å². The second-order valence-electron chi connectivity index (χ2n) is 6.58. The Morgan fingerprint density at radius 3 is 2.57 bits per heavy atom. The van der Waals surface area contributed by atoms with E-state index in [2.05, 4.69) is 18.6 Å². The van der Waals surface area contributed by atoms with E-state index in [4.69, 9.17) is 9.47 Å². The van der Waals surface area contributed by atoms with Gasteiger partial charge in [0.05, 0.1) is 26.9 Å². The van der Waals surface area contributed by atoms with Crippen molar-refractivity contribution >= 4 is 10.0 Å². The summed E-state index contributed by atoms with van der Waals surface area (Å²) in [4.78, 5) is 1.54. The molecule has 0 radical (unpaired) electrons. The molecule has 2 N–H and O–H groups in total. The maximum absolute atomic E-state index is 12.7. The van der Waals surface area contributed by atoms with Crippen LogP contribution in [0.5, 0.6) is 5.75 Å². The largest absolute Gasteiger partial charge is 0.495 e. The Morgan fingerprint density at radius 1 is 1.30 bits per heavy atom. The first-order chi connectivity index (χ1) is 10.8. The molecule has 0 aliphatic carbocycles. The van der Waals surface area contributed by atoms with Crippen LogP contribution in [-0.2, 0) is 14.8 Å². The van der Waals surface area contributed by atoms with Crippen LogP contribution < -0.4 is 14.4 Å². The first kappa shape index (κ1) is 18.2. The molecule has 0 bridgehead atoms. The average Bonchev–Trinajstić information content (AvgIpc) is 2.54. The van der Waals surface area contributed by atoms with E-state index in [1.807, 2.05) is 13.0 Å². The van der Waals surface area contributed by atoms with Gasteiger partial charge in [0.25, 0.3) is 0 Å². The van der Waals surface area contributed by atoms with Crippen LogP contribution in [0, 0.1) is 6.92 Å². The number of morpholine rings is 1. The Morgan fingerprint density at radius 2 is 1.96 bits per heavy atom. The van der Waals surface area contributed by atoms with Crippen molar-refractivity contribution in [3.63, 3.8) is 0 Å². The number of nitrogens with one attached hydrogen (secondary N) is 2. The first-order valence-electron chi connectivity index (χ1n) is 7.83. The van der Waals surface area contributed by atoms with Crippen molar-refractivity contribution in [1.82, 2.24) is 4.72 Å². The number of hydrogen-bond acceptors (Lipinski definition) is 4. The molecule has 130 valence electrons. The van der Waals surface area contributed by atoms with E-state index >= 15 is 0 Å². The van der Waals surface area contributed by atoms with Gasteiger partial charge in [0.2, 0.25) is 10.0 Å².